The number of imidazole rings is 1. The first kappa shape index (κ1) is 15.6. The van der Waals surface area contributed by atoms with E-state index in [2.05, 4.69) is 24.0 Å². The Kier molecular flexibility index (Phi) is 4.68. The molecule has 1 aromatic carbocycles. The molecule has 0 atom stereocenters. The van der Waals surface area contributed by atoms with Crippen LogP contribution in [0, 0.1) is 6.92 Å². The molecule has 4 heteroatoms. The van der Waals surface area contributed by atoms with E-state index < -0.39 is 0 Å². The molecule has 0 amide bonds. The van der Waals surface area contributed by atoms with Gasteiger partial charge in [-0.2, -0.15) is 0 Å². The number of ether oxygens (including phenoxy) is 1. The maximum absolute atomic E-state index is 5.65. The summed E-state index contributed by atoms with van der Waals surface area (Å²) in [4.78, 5) is 4.66. The monoisotopic (exact) mass is 346 g/mol. The minimum absolute atomic E-state index is 0. The Bertz CT molecular complexity index is 732. The summed E-state index contributed by atoms with van der Waals surface area (Å²) in [5, 5.41) is 0. The van der Waals surface area contributed by atoms with Gasteiger partial charge in [-0.1, -0.05) is 0 Å². The zero-order valence-electron chi connectivity index (χ0n) is 12.4. The van der Waals surface area contributed by atoms with Crippen molar-refractivity contribution in [3.63, 3.8) is 0 Å². The first-order valence-electron chi connectivity index (χ1n) is 6.84. The van der Waals surface area contributed by atoms with E-state index in [4.69, 9.17) is 4.74 Å². The highest BCUT2D eigenvalue weighted by molar-refractivity contribution is 8.93. The number of fused-ring (bicyclic) bond motifs is 1. The largest absolute Gasteiger partial charge is 0.491 e. The number of rotatable bonds is 3. The Balaban J connectivity index is 0.00000161. The molecule has 0 bridgehead atoms. The van der Waals surface area contributed by atoms with Crippen molar-refractivity contribution in [3.05, 3.63) is 54.4 Å². The van der Waals surface area contributed by atoms with Crippen molar-refractivity contribution in [3.8, 4) is 17.0 Å². The number of nitrogens with zero attached hydrogens (tertiary/aromatic N) is 2. The fraction of sp³-hybridized carbons (Fsp3) is 0.235. The summed E-state index contributed by atoms with van der Waals surface area (Å²) in [6.45, 7) is 6.13. The predicted molar refractivity (Wildman–Crippen MR) is 91.5 cm³/mol. The number of aromatic nitrogens is 2. The number of hydrogen-bond donors (Lipinski definition) is 0. The van der Waals surface area contributed by atoms with Gasteiger partial charge in [0.2, 0.25) is 0 Å². The van der Waals surface area contributed by atoms with Gasteiger partial charge in [-0.05, 0) is 62.7 Å². The first-order chi connectivity index (χ1) is 9.61. The number of halogens is 1. The van der Waals surface area contributed by atoms with Crippen LogP contribution in [-0.2, 0) is 0 Å². The molecule has 0 aliphatic carbocycles. The van der Waals surface area contributed by atoms with Gasteiger partial charge in [-0.15, -0.1) is 17.0 Å². The van der Waals surface area contributed by atoms with E-state index in [9.17, 15) is 0 Å². The molecule has 3 nitrogen and oxygen atoms in total. The molecule has 0 unspecified atom stereocenters. The van der Waals surface area contributed by atoms with Gasteiger partial charge >= 0.3 is 0 Å². The van der Waals surface area contributed by atoms with Crippen molar-refractivity contribution in [2.24, 2.45) is 0 Å². The highest BCUT2D eigenvalue weighted by Crippen LogP contribution is 2.23. The van der Waals surface area contributed by atoms with Gasteiger partial charge in [0, 0.05) is 18.0 Å². The number of benzene rings is 1. The van der Waals surface area contributed by atoms with Crippen molar-refractivity contribution < 1.29 is 4.74 Å². The molecule has 0 saturated heterocycles. The lowest BCUT2D eigenvalue weighted by atomic mass is 10.1. The molecule has 0 aliphatic heterocycles. The molecule has 0 fully saturated rings. The SMILES string of the molecule is Br.Cc1ccn2cc(-c3ccc(OC(C)C)cc3)nc2c1. The summed E-state index contributed by atoms with van der Waals surface area (Å²) in [7, 11) is 0. The minimum Gasteiger partial charge on any atom is -0.491 e. The summed E-state index contributed by atoms with van der Waals surface area (Å²) < 4.78 is 7.70. The number of hydrogen-bond acceptors (Lipinski definition) is 2. The van der Waals surface area contributed by atoms with Crippen LogP contribution in [-0.4, -0.2) is 15.5 Å². The summed E-state index contributed by atoms with van der Waals surface area (Å²) in [5.74, 6) is 0.892. The zero-order valence-corrected chi connectivity index (χ0v) is 14.1. The van der Waals surface area contributed by atoms with Gasteiger partial charge in [0.05, 0.1) is 11.8 Å². The van der Waals surface area contributed by atoms with E-state index >= 15 is 0 Å². The molecular formula is C17H19BrN2O. The van der Waals surface area contributed by atoms with Crippen molar-refractivity contribution >= 4 is 22.6 Å². The Hall–Kier alpha value is -1.81. The lowest BCUT2D eigenvalue weighted by Gasteiger charge is -2.09. The maximum Gasteiger partial charge on any atom is 0.137 e. The average molecular weight is 347 g/mol. The molecule has 2 heterocycles. The van der Waals surface area contributed by atoms with E-state index in [1.54, 1.807) is 0 Å². The van der Waals surface area contributed by atoms with Crippen LogP contribution in [0.3, 0.4) is 0 Å². The maximum atomic E-state index is 5.65. The van der Waals surface area contributed by atoms with Crippen molar-refractivity contribution in [1.82, 2.24) is 9.38 Å². The quantitative estimate of drug-likeness (QED) is 0.688. The van der Waals surface area contributed by atoms with Crippen molar-refractivity contribution in [1.29, 1.82) is 0 Å². The highest BCUT2D eigenvalue weighted by Gasteiger charge is 2.05. The highest BCUT2D eigenvalue weighted by atomic mass is 79.9. The van der Waals surface area contributed by atoms with Gasteiger partial charge in [0.1, 0.15) is 11.4 Å². The van der Waals surface area contributed by atoms with Crippen LogP contribution in [0.2, 0.25) is 0 Å². The van der Waals surface area contributed by atoms with Gasteiger partial charge in [0.25, 0.3) is 0 Å². The molecule has 0 aliphatic rings. The standard InChI is InChI=1S/C17H18N2O.BrH/c1-12(2)20-15-6-4-14(5-7-15)16-11-19-9-8-13(3)10-17(19)18-16;/h4-12H,1-3H3;1H. The molecule has 21 heavy (non-hydrogen) atoms. The summed E-state index contributed by atoms with van der Waals surface area (Å²) >= 11 is 0. The first-order valence-corrected chi connectivity index (χ1v) is 6.84. The number of pyridine rings is 1. The van der Waals surface area contributed by atoms with Crippen LogP contribution >= 0.6 is 17.0 Å². The average Bonchev–Trinajstić information content (AvgIpc) is 2.81. The van der Waals surface area contributed by atoms with Crippen LogP contribution in [0.1, 0.15) is 19.4 Å². The summed E-state index contributed by atoms with van der Waals surface area (Å²) in [5.41, 5.74) is 4.27. The summed E-state index contributed by atoms with van der Waals surface area (Å²) in [6.07, 6.45) is 4.28. The van der Waals surface area contributed by atoms with Crippen LogP contribution < -0.4 is 4.74 Å². The molecule has 3 aromatic rings. The third-order valence-electron chi connectivity index (χ3n) is 3.14. The Morgan fingerprint density at radius 3 is 2.48 bits per heavy atom. The Labute approximate surface area is 135 Å². The summed E-state index contributed by atoms with van der Waals surface area (Å²) in [6, 6.07) is 12.2. The molecule has 110 valence electrons. The molecule has 0 radical (unpaired) electrons. The minimum atomic E-state index is 0. The molecule has 0 N–H and O–H groups in total. The smallest absolute Gasteiger partial charge is 0.137 e. The number of aryl methyl sites for hydroxylation is 1. The van der Waals surface area contributed by atoms with E-state index in [-0.39, 0.29) is 23.1 Å². The molecule has 2 aromatic heterocycles. The third kappa shape index (κ3) is 3.45. The van der Waals surface area contributed by atoms with Crippen LogP contribution in [0.5, 0.6) is 5.75 Å². The second-order valence-corrected chi connectivity index (χ2v) is 5.29. The second-order valence-electron chi connectivity index (χ2n) is 5.29. The van der Waals surface area contributed by atoms with E-state index in [0.717, 1.165) is 22.7 Å². The normalized spacial score (nSPS) is 10.7. The fourth-order valence-corrected chi connectivity index (χ4v) is 2.20. The molecular weight excluding hydrogens is 328 g/mol. The van der Waals surface area contributed by atoms with Gasteiger partial charge in [0.15, 0.2) is 0 Å². The Morgan fingerprint density at radius 2 is 1.81 bits per heavy atom. The lowest BCUT2D eigenvalue weighted by molar-refractivity contribution is 0.242. The second kappa shape index (κ2) is 6.31. The van der Waals surface area contributed by atoms with E-state index in [1.165, 1.54) is 5.56 Å². The topological polar surface area (TPSA) is 26.5 Å². The predicted octanol–water partition coefficient (Wildman–Crippen LogP) is 4.67. The van der Waals surface area contributed by atoms with Crippen LogP contribution in [0.25, 0.3) is 16.9 Å². The zero-order chi connectivity index (χ0) is 14.1. The molecule has 0 saturated carbocycles. The Morgan fingerprint density at radius 1 is 1.10 bits per heavy atom. The van der Waals surface area contributed by atoms with E-state index in [1.807, 2.05) is 54.9 Å². The van der Waals surface area contributed by atoms with Crippen LogP contribution in [0.15, 0.2) is 48.8 Å². The van der Waals surface area contributed by atoms with Crippen LogP contribution in [0.4, 0.5) is 0 Å². The third-order valence-corrected chi connectivity index (χ3v) is 3.14. The molecule has 0 spiro atoms. The van der Waals surface area contributed by atoms with Crippen molar-refractivity contribution in [2.75, 3.05) is 0 Å². The lowest BCUT2D eigenvalue weighted by Crippen LogP contribution is -2.05. The van der Waals surface area contributed by atoms with Gasteiger partial charge in [-0.3, -0.25) is 0 Å². The fourth-order valence-electron chi connectivity index (χ4n) is 2.20. The van der Waals surface area contributed by atoms with Gasteiger partial charge in [-0.25, -0.2) is 4.98 Å². The molecule has 3 rings (SSSR count). The van der Waals surface area contributed by atoms with Gasteiger partial charge < -0.3 is 9.14 Å². The van der Waals surface area contributed by atoms with Crippen molar-refractivity contribution in [2.45, 2.75) is 26.9 Å². The van der Waals surface area contributed by atoms with E-state index in [0.29, 0.717) is 0 Å².